The van der Waals surface area contributed by atoms with Crippen LogP contribution >= 0.6 is 0 Å². The number of aliphatic carboxylic acids is 2. The molecule has 14 atom stereocenters. The van der Waals surface area contributed by atoms with Crippen LogP contribution in [0.2, 0.25) is 0 Å². The van der Waals surface area contributed by atoms with Gasteiger partial charge in [0.2, 0.25) is 5.60 Å². The molecular weight excluding hydrogens is 973 g/mol. The smallest absolute Gasteiger partial charge is 0.348 e. The molecule has 17 nitrogen and oxygen atoms in total. The van der Waals surface area contributed by atoms with E-state index in [0.29, 0.717) is 37.1 Å². The van der Waals surface area contributed by atoms with E-state index in [1.54, 1.807) is 52.7 Å². The molecule has 8 aliphatic carbocycles. The number of carboxylic acids is 4. The Balaban J connectivity index is 0.000000163. The quantitative estimate of drug-likeness (QED) is 0.0823. The lowest BCUT2D eigenvalue weighted by molar-refractivity contribution is -0.210. The van der Waals surface area contributed by atoms with E-state index in [1.807, 2.05) is 38.4 Å². The van der Waals surface area contributed by atoms with E-state index in [4.69, 9.17) is 4.74 Å². The predicted octanol–water partition coefficient (Wildman–Crippen LogP) is 8.04. The van der Waals surface area contributed by atoms with Crippen molar-refractivity contribution in [1.82, 2.24) is 19.6 Å². The summed E-state index contributed by atoms with van der Waals surface area (Å²) in [6.07, 6.45) is 13.7. The highest BCUT2D eigenvalue weighted by atomic mass is 16.6. The number of hydrogen-bond donors (Lipinski definition) is 7. The lowest BCUT2D eigenvalue weighted by atomic mass is 9.45. The lowest BCUT2D eigenvalue weighted by Gasteiger charge is -2.60. The zero-order valence-electron chi connectivity index (χ0n) is 43.6. The van der Waals surface area contributed by atoms with Gasteiger partial charge in [0.1, 0.15) is 0 Å². The summed E-state index contributed by atoms with van der Waals surface area (Å²) in [6.45, 7) is 9.86. The van der Waals surface area contributed by atoms with Gasteiger partial charge in [0.05, 0.1) is 58.5 Å². The molecule has 2 aromatic carbocycles. The van der Waals surface area contributed by atoms with Gasteiger partial charge in [-0.3, -0.25) is 4.79 Å². The molecule has 6 saturated carbocycles. The molecule has 4 aromatic rings. The number of rotatable bonds is 8. The number of carbonyl (C=O) groups is 5. The predicted molar refractivity (Wildman–Crippen MR) is 275 cm³/mol. The number of esters is 1. The van der Waals surface area contributed by atoms with E-state index in [2.05, 4.69) is 36.2 Å². The van der Waals surface area contributed by atoms with Crippen LogP contribution in [-0.2, 0) is 32.0 Å². The number of aromatic carboxylic acids is 2. The van der Waals surface area contributed by atoms with Crippen molar-refractivity contribution in [2.75, 3.05) is 0 Å². The van der Waals surface area contributed by atoms with Gasteiger partial charge in [-0.15, -0.1) is 0 Å². The molecule has 0 unspecified atom stereocenters. The van der Waals surface area contributed by atoms with Gasteiger partial charge in [-0.05, 0) is 183 Å². The van der Waals surface area contributed by atoms with Crippen molar-refractivity contribution in [3.63, 3.8) is 0 Å². The van der Waals surface area contributed by atoms with Gasteiger partial charge in [-0.1, -0.05) is 57.9 Å². The largest absolute Gasteiger partial charge is 0.479 e. The number of aliphatic hydroxyl groups excluding tert-OH is 2. The van der Waals surface area contributed by atoms with Crippen LogP contribution in [0.25, 0.3) is 23.5 Å². The first kappa shape index (κ1) is 51.7. The number of allylic oxidation sites excluding steroid dienone is 2. The van der Waals surface area contributed by atoms with Crippen LogP contribution in [0.15, 0.2) is 72.1 Å². The molecule has 17 heteroatoms. The summed E-state index contributed by atoms with van der Waals surface area (Å²) in [7, 11) is 0. The van der Waals surface area contributed by atoms with E-state index in [9.17, 15) is 59.7 Å². The molecule has 7 N–H and O–H groups in total. The SMILES string of the molecule is CCC(=O)O[C@]1(C(=O)O)CC[C@H]2[C@@H]3CCC4=Cc5c(cnn5-c5cccc(C(=O)O)c5)C[C@]4(C)[C@H]3[C@@H](O)C[C@@]21C.C[C@]12Cc3cnn(-c4cccc(C(=O)O)c4)c3C=C1CC[C@@H]1[C@@H]2[C@@H](O)C[C@@]2(C)[C@H]1CC[C@]2(O)C(=O)O. The summed E-state index contributed by atoms with van der Waals surface area (Å²) in [6, 6.07) is 13.5. The number of carbonyl (C=O) groups excluding carboxylic acids is 1. The van der Waals surface area contributed by atoms with Crippen molar-refractivity contribution >= 4 is 42.0 Å². The maximum absolute atomic E-state index is 12.7. The highest BCUT2D eigenvalue weighted by Gasteiger charge is 2.72. The molecule has 8 aliphatic rings. The number of fused-ring (bicyclic) bond motifs is 12. The molecule has 6 fully saturated rings. The van der Waals surface area contributed by atoms with E-state index in [1.165, 1.54) is 11.1 Å². The number of hydrogen-bond acceptors (Lipinski definition) is 11. The number of ether oxygens (including phenoxy) is 1. The minimum atomic E-state index is -1.80. The van der Waals surface area contributed by atoms with Crippen molar-refractivity contribution in [1.29, 1.82) is 0 Å². The van der Waals surface area contributed by atoms with E-state index < -0.39 is 64.1 Å². The number of carboxylic acid groups (broad SMARTS) is 4. The molecular formula is C59H68N4O13. The van der Waals surface area contributed by atoms with Gasteiger partial charge < -0.3 is 40.5 Å². The Morgan fingerprint density at radius 2 is 1.11 bits per heavy atom. The van der Waals surface area contributed by atoms with Gasteiger partial charge in [-0.2, -0.15) is 10.2 Å². The second-order valence-electron chi connectivity index (χ2n) is 24.4. The third-order valence-corrected chi connectivity index (χ3v) is 21.1. The van der Waals surface area contributed by atoms with Crippen LogP contribution in [0, 0.1) is 57.2 Å². The molecule has 12 rings (SSSR count). The van der Waals surface area contributed by atoms with Gasteiger partial charge in [0, 0.05) is 17.3 Å². The molecule has 0 spiro atoms. The Bertz CT molecular complexity index is 3170. The maximum atomic E-state index is 12.7. The first-order chi connectivity index (χ1) is 35.9. The van der Waals surface area contributed by atoms with Gasteiger partial charge in [-0.25, -0.2) is 28.5 Å². The average Bonchev–Trinajstić information content (AvgIpc) is 4.19. The Hall–Kier alpha value is -6.43. The van der Waals surface area contributed by atoms with Gasteiger partial charge in [0.15, 0.2) is 5.60 Å². The fourth-order valence-corrected chi connectivity index (χ4v) is 17.5. The summed E-state index contributed by atoms with van der Waals surface area (Å²) in [5.41, 5.74) is 2.47. The fourth-order valence-electron chi connectivity index (χ4n) is 17.5. The van der Waals surface area contributed by atoms with Gasteiger partial charge >= 0.3 is 29.8 Å². The molecule has 2 heterocycles. The molecule has 0 amide bonds. The molecule has 0 aliphatic heterocycles. The Morgan fingerprint density at radius 3 is 1.55 bits per heavy atom. The first-order valence-electron chi connectivity index (χ1n) is 26.9. The standard InChI is InChI=1S/C31H36N2O7.C28H32N2O6/c1-4-25(35)40-31(28(38)39)11-10-22-21-9-8-19-13-23-18(14-29(19,2)26(21)24(34)15-30(22,31)3)16-32-33(23)20-7-5-6-17(12-20)27(36)37;1-26-12-16-14-29-30(18-5-3-4-15(10-18)24(32)33)21(16)11-17(26)6-7-19-20-8-9-28(36,25(34)35)27(20,2)13-22(31)23(19)26/h5-7,12-13,16,21-22,24,26,34H,4,8-11,14-15H2,1-3H3,(H,36,37)(H,38,39);3-5,10-11,14,19-20,22-23,31,36H,6-9,12-13H2,1-2H3,(H,32,33)(H,34,35)/t21-,22-,24-,26+,29-,30-,31-;19-,20-,22-,23+,26-,27-,28-/m00/s1. The zero-order valence-corrected chi connectivity index (χ0v) is 43.6. The molecule has 0 bridgehead atoms. The number of aromatic nitrogens is 4. The van der Waals surface area contributed by atoms with Crippen molar-refractivity contribution in [3.05, 3.63) is 106 Å². The summed E-state index contributed by atoms with van der Waals surface area (Å²) >= 11 is 0. The van der Waals surface area contributed by atoms with Crippen LogP contribution in [0.4, 0.5) is 0 Å². The van der Waals surface area contributed by atoms with Crippen LogP contribution in [-0.4, -0.2) is 109 Å². The lowest BCUT2D eigenvalue weighted by Crippen LogP contribution is -2.63. The second kappa shape index (κ2) is 17.8. The normalized spacial score (nSPS) is 37.3. The van der Waals surface area contributed by atoms with Crippen molar-refractivity contribution in [3.8, 4) is 11.4 Å². The van der Waals surface area contributed by atoms with Crippen LogP contribution in [0.5, 0.6) is 0 Å². The van der Waals surface area contributed by atoms with E-state index in [0.717, 1.165) is 48.2 Å². The summed E-state index contributed by atoms with van der Waals surface area (Å²) in [5, 5.41) is 82.8. The van der Waals surface area contributed by atoms with Crippen LogP contribution < -0.4 is 0 Å². The Morgan fingerprint density at radius 1 is 0.645 bits per heavy atom. The van der Waals surface area contributed by atoms with E-state index in [-0.39, 0.29) is 89.6 Å². The number of benzene rings is 2. The molecule has 0 saturated heterocycles. The summed E-state index contributed by atoms with van der Waals surface area (Å²) < 4.78 is 9.32. The number of aliphatic hydroxyl groups is 3. The topological polar surface area (TPSA) is 272 Å². The molecule has 0 radical (unpaired) electrons. The average molecular weight is 1040 g/mol. The second-order valence-corrected chi connectivity index (χ2v) is 24.4. The third-order valence-electron chi connectivity index (χ3n) is 21.1. The highest BCUT2D eigenvalue weighted by molar-refractivity contribution is 5.89. The zero-order chi connectivity index (χ0) is 54.2. The minimum Gasteiger partial charge on any atom is -0.479 e. The summed E-state index contributed by atoms with van der Waals surface area (Å²) in [4.78, 5) is 60.2. The Labute approximate surface area is 440 Å². The number of nitrogens with zero attached hydrogens (tertiary/aromatic N) is 4. The molecule has 2 aromatic heterocycles. The Kier molecular flexibility index (Phi) is 12.1. The first-order valence-corrected chi connectivity index (χ1v) is 26.9. The maximum Gasteiger partial charge on any atom is 0.348 e. The third kappa shape index (κ3) is 7.30. The molecule has 76 heavy (non-hydrogen) atoms. The van der Waals surface area contributed by atoms with Crippen molar-refractivity contribution < 1.29 is 64.5 Å². The summed E-state index contributed by atoms with van der Waals surface area (Å²) in [5.74, 6) is -4.59. The fraction of sp³-hybridized carbons (Fsp3) is 0.542. The minimum absolute atomic E-state index is 0.0166. The van der Waals surface area contributed by atoms with Crippen molar-refractivity contribution in [2.24, 2.45) is 57.2 Å². The van der Waals surface area contributed by atoms with Crippen LogP contribution in [0.3, 0.4) is 0 Å². The van der Waals surface area contributed by atoms with Crippen LogP contribution in [0.1, 0.15) is 148 Å². The monoisotopic (exact) mass is 1040 g/mol. The van der Waals surface area contributed by atoms with E-state index >= 15 is 0 Å². The van der Waals surface area contributed by atoms with Crippen molar-refractivity contribution in [2.45, 2.75) is 141 Å². The highest BCUT2D eigenvalue weighted by Crippen LogP contribution is 2.70. The molecule has 402 valence electrons. The van der Waals surface area contributed by atoms with Gasteiger partial charge in [0.25, 0.3) is 0 Å².